The summed E-state index contributed by atoms with van der Waals surface area (Å²) < 4.78 is 5.51. The van der Waals surface area contributed by atoms with Crippen LogP contribution in [0.5, 0.6) is 5.88 Å². The molecule has 0 saturated heterocycles. The zero-order valence-corrected chi connectivity index (χ0v) is 13.0. The molecule has 21 heavy (non-hydrogen) atoms. The molecule has 0 amide bonds. The van der Waals surface area contributed by atoms with E-state index in [-0.39, 0.29) is 11.5 Å². The molecule has 0 radical (unpaired) electrons. The van der Waals surface area contributed by atoms with Crippen LogP contribution in [0.25, 0.3) is 0 Å². The summed E-state index contributed by atoms with van der Waals surface area (Å²) in [5.41, 5.74) is 0.449. The Morgan fingerprint density at radius 3 is 2.86 bits per heavy atom. The highest BCUT2D eigenvalue weighted by molar-refractivity contribution is 7.15. The van der Waals surface area contributed by atoms with E-state index in [1.54, 1.807) is 12.3 Å². The largest absolute Gasteiger partial charge is 0.481 e. The lowest BCUT2D eigenvalue weighted by atomic mass is 10.1. The molecule has 2 aromatic rings. The molecule has 2 aromatic heterocycles. The fourth-order valence-electron chi connectivity index (χ4n) is 1.85. The van der Waals surface area contributed by atoms with Crippen LogP contribution in [-0.4, -0.2) is 28.5 Å². The van der Waals surface area contributed by atoms with Crippen molar-refractivity contribution in [2.75, 3.05) is 19.0 Å². The number of hydrogen-bond donors (Lipinski definition) is 1. The first kappa shape index (κ1) is 15.5. The maximum absolute atomic E-state index is 11.4. The molecule has 0 aliphatic heterocycles. The molecule has 1 N–H and O–H groups in total. The lowest BCUT2D eigenvalue weighted by molar-refractivity contribution is -0.384. The zero-order valence-electron chi connectivity index (χ0n) is 11.4. The fourth-order valence-corrected chi connectivity index (χ4v) is 2.85. The molecule has 0 aromatic carbocycles. The van der Waals surface area contributed by atoms with Crippen LogP contribution in [0.15, 0.2) is 12.3 Å². The Morgan fingerprint density at radius 1 is 1.57 bits per heavy atom. The van der Waals surface area contributed by atoms with Gasteiger partial charge in [0.25, 0.3) is 0 Å². The number of methoxy groups -OCH3 is 1. The molecule has 0 fully saturated rings. The van der Waals surface area contributed by atoms with Crippen molar-refractivity contribution >= 4 is 34.4 Å². The highest BCUT2D eigenvalue weighted by Gasteiger charge is 2.23. The van der Waals surface area contributed by atoms with Gasteiger partial charge in [-0.25, -0.2) is 4.98 Å². The fraction of sp³-hybridized carbons (Fsp3) is 0.333. The van der Waals surface area contributed by atoms with E-state index in [9.17, 15) is 10.1 Å². The second-order valence-corrected chi connectivity index (χ2v) is 5.76. The van der Waals surface area contributed by atoms with Crippen molar-refractivity contribution in [3.63, 3.8) is 0 Å². The third kappa shape index (κ3) is 3.59. The number of ether oxygens (including phenoxy) is 1. The monoisotopic (exact) mass is 328 g/mol. The summed E-state index contributed by atoms with van der Waals surface area (Å²) in [7, 11) is 1.47. The van der Waals surface area contributed by atoms with Crippen LogP contribution in [-0.2, 0) is 6.42 Å². The standard InChI is InChI=1S/C12H13ClN4O3S/c1-3-14-11-10(17(18)19)7(5-9(16-11)20-2)4-8-6-15-12(13)21-8/h5-6H,3-4H2,1-2H3,(H,14,16). The number of hydrogen-bond acceptors (Lipinski definition) is 7. The van der Waals surface area contributed by atoms with Crippen molar-refractivity contribution < 1.29 is 9.66 Å². The summed E-state index contributed by atoms with van der Waals surface area (Å²) >= 11 is 7.08. The van der Waals surface area contributed by atoms with Crippen LogP contribution in [0.2, 0.25) is 4.47 Å². The Labute approximate surface area is 130 Å². The molecule has 0 saturated carbocycles. The maximum Gasteiger partial charge on any atom is 0.315 e. The number of nitro groups is 1. The van der Waals surface area contributed by atoms with E-state index in [1.165, 1.54) is 18.4 Å². The van der Waals surface area contributed by atoms with Gasteiger partial charge in [-0.05, 0) is 6.92 Å². The van der Waals surface area contributed by atoms with Gasteiger partial charge in [0.15, 0.2) is 4.47 Å². The summed E-state index contributed by atoms with van der Waals surface area (Å²) in [5.74, 6) is 0.523. The number of thiazole rings is 1. The number of aromatic nitrogens is 2. The number of anilines is 1. The van der Waals surface area contributed by atoms with Gasteiger partial charge in [-0.2, -0.15) is 4.98 Å². The van der Waals surface area contributed by atoms with Gasteiger partial charge in [-0.1, -0.05) is 11.6 Å². The average molecular weight is 329 g/mol. The van der Waals surface area contributed by atoms with Gasteiger partial charge in [-0.15, -0.1) is 11.3 Å². The van der Waals surface area contributed by atoms with E-state index >= 15 is 0 Å². The third-order valence-electron chi connectivity index (χ3n) is 2.67. The Balaban J connectivity index is 2.50. The van der Waals surface area contributed by atoms with Crippen molar-refractivity contribution in [3.8, 4) is 5.88 Å². The molecule has 0 aliphatic carbocycles. The quantitative estimate of drug-likeness (QED) is 0.647. The lowest BCUT2D eigenvalue weighted by Gasteiger charge is -2.10. The Bertz CT molecular complexity index is 662. The van der Waals surface area contributed by atoms with Crippen molar-refractivity contribution in [2.24, 2.45) is 0 Å². The first-order valence-corrected chi connectivity index (χ1v) is 7.31. The molecular formula is C12H13ClN4O3S. The molecule has 7 nitrogen and oxygen atoms in total. The van der Waals surface area contributed by atoms with Gasteiger partial charge in [0.1, 0.15) is 0 Å². The van der Waals surface area contributed by atoms with E-state index in [0.717, 1.165) is 4.88 Å². The summed E-state index contributed by atoms with van der Waals surface area (Å²) in [6, 6.07) is 1.56. The molecule has 112 valence electrons. The molecule has 9 heteroatoms. The second kappa shape index (κ2) is 6.68. The zero-order chi connectivity index (χ0) is 15.4. The highest BCUT2D eigenvalue weighted by Crippen LogP contribution is 2.33. The Kier molecular flexibility index (Phi) is 4.92. The smallest absolute Gasteiger partial charge is 0.315 e. The second-order valence-electron chi connectivity index (χ2n) is 4.06. The van der Waals surface area contributed by atoms with Gasteiger partial charge >= 0.3 is 5.69 Å². The van der Waals surface area contributed by atoms with E-state index in [0.29, 0.717) is 28.9 Å². The number of pyridine rings is 1. The van der Waals surface area contributed by atoms with E-state index < -0.39 is 4.92 Å². The van der Waals surface area contributed by atoms with Gasteiger partial charge in [0.05, 0.1) is 12.0 Å². The van der Waals surface area contributed by atoms with Crippen LogP contribution < -0.4 is 10.1 Å². The first-order valence-electron chi connectivity index (χ1n) is 6.11. The molecule has 2 heterocycles. The average Bonchev–Trinajstić information content (AvgIpc) is 2.83. The predicted octanol–water partition coefficient (Wildman–Crippen LogP) is 3.13. The van der Waals surface area contributed by atoms with Crippen LogP contribution in [0.1, 0.15) is 17.4 Å². The topological polar surface area (TPSA) is 90.2 Å². The van der Waals surface area contributed by atoms with Crippen molar-refractivity contribution in [3.05, 3.63) is 37.3 Å². The van der Waals surface area contributed by atoms with Gasteiger partial charge in [0, 0.05) is 35.7 Å². The first-order chi connectivity index (χ1) is 10.0. The molecule has 0 bridgehead atoms. The Morgan fingerprint density at radius 2 is 2.33 bits per heavy atom. The maximum atomic E-state index is 11.4. The van der Waals surface area contributed by atoms with Gasteiger partial charge in [-0.3, -0.25) is 10.1 Å². The van der Waals surface area contributed by atoms with Crippen molar-refractivity contribution in [1.29, 1.82) is 0 Å². The third-order valence-corrected chi connectivity index (χ3v) is 3.79. The molecule has 0 atom stereocenters. The minimum atomic E-state index is -0.442. The Hall–Kier alpha value is -1.93. The SMILES string of the molecule is CCNc1nc(OC)cc(Cc2cnc(Cl)s2)c1[N+](=O)[O-]. The van der Waals surface area contributed by atoms with Crippen LogP contribution in [0.3, 0.4) is 0 Å². The van der Waals surface area contributed by atoms with Crippen LogP contribution in [0.4, 0.5) is 11.5 Å². The van der Waals surface area contributed by atoms with Crippen molar-refractivity contribution in [2.45, 2.75) is 13.3 Å². The normalized spacial score (nSPS) is 10.4. The summed E-state index contributed by atoms with van der Waals surface area (Å²) in [5, 5.41) is 14.3. The molecule has 0 spiro atoms. The van der Waals surface area contributed by atoms with E-state index in [4.69, 9.17) is 16.3 Å². The molecular weight excluding hydrogens is 316 g/mol. The minimum Gasteiger partial charge on any atom is -0.481 e. The highest BCUT2D eigenvalue weighted by atomic mass is 35.5. The van der Waals surface area contributed by atoms with Gasteiger partial charge in [0.2, 0.25) is 11.7 Å². The number of halogens is 1. The number of rotatable bonds is 6. The minimum absolute atomic E-state index is 0.0535. The van der Waals surface area contributed by atoms with Crippen LogP contribution in [0, 0.1) is 10.1 Å². The van der Waals surface area contributed by atoms with E-state index in [1.807, 2.05) is 6.92 Å². The summed E-state index contributed by atoms with van der Waals surface area (Å²) in [6.45, 7) is 2.36. The summed E-state index contributed by atoms with van der Waals surface area (Å²) in [6.07, 6.45) is 1.95. The number of nitrogens with zero attached hydrogens (tertiary/aromatic N) is 3. The predicted molar refractivity (Wildman–Crippen MR) is 81.5 cm³/mol. The molecule has 0 aliphatic rings. The van der Waals surface area contributed by atoms with Gasteiger partial charge < -0.3 is 10.1 Å². The van der Waals surface area contributed by atoms with Crippen molar-refractivity contribution in [1.82, 2.24) is 9.97 Å². The molecule has 0 unspecified atom stereocenters. The lowest BCUT2D eigenvalue weighted by Crippen LogP contribution is -2.07. The van der Waals surface area contributed by atoms with E-state index in [2.05, 4.69) is 15.3 Å². The van der Waals surface area contributed by atoms with Crippen LogP contribution >= 0.6 is 22.9 Å². The summed E-state index contributed by atoms with van der Waals surface area (Å²) in [4.78, 5) is 19.8. The molecule has 2 rings (SSSR count). The number of nitrogens with one attached hydrogen (secondary N) is 1.